The molecule has 2 atom stereocenters. The van der Waals surface area contributed by atoms with Crippen molar-refractivity contribution < 1.29 is 9.53 Å². The summed E-state index contributed by atoms with van der Waals surface area (Å²) < 4.78 is 5.04. The van der Waals surface area contributed by atoms with Gasteiger partial charge in [0, 0.05) is 5.57 Å². The van der Waals surface area contributed by atoms with E-state index >= 15 is 0 Å². The predicted octanol–water partition coefficient (Wildman–Crippen LogP) is 3.32. The molecule has 2 nitrogen and oxygen atoms in total. The first-order chi connectivity index (χ1) is 7.06. The number of esters is 1. The highest BCUT2D eigenvalue weighted by molar-refractivity contribution is 5.88. The van der Waals surface area contributed by atoms with Gasteiger partial charge in [-0.3, -0.25) is 0 Å². The summed E-state index contributed by atoms with van der Waals surface area (Å²) in [4.78, 5) is 11.6. The Morgan fingerprint density at radius 3 is 2.67 bits per heavy atom. The van der Waals surface area contributed by atoms with Crippen LogP contribution in [0.15, 0.2) is 11.1 Å². The van der Waals surface area contributed by atoms with Crippen LogP contribution in [0.4, 0.5) is 0 Å². The van der Waals surface area contributed by atoms with Crippen molar-refractivity contribution in [3.8, 4) is 0 Å². The highest BCUT2D eigenvalue weighted by Gasteiger charge is 2.23. The molecule has 0 N–H and O–H groups in total. The van der Waals surface area contributed by atoms with E-state index in [2.05, 4.69) is 13.8 Å². The summed E-state index contributed by atoms with van der Waals surface area (Å²) >= 11 is 0. The third-order valence-corrected chi connectivity index (χ3v) is 3.32. The monoisotopic (exact) mass is 210 g/mol. The Kier molecular flexibility index (Phi) is 4.37. The molecule has 15 heavy (non-hydrogen) atoms. The summed E-state index contributed by atoms with van der Waals surface area (Å²) in [5, 5.41) is 0. The first kappa shape index (κ1) is 12.3. The minimum absolute atomic E-state index is 0.131. The first-order valence-corrected chi connectivity index (χ1v) is 5.93. The molecule has 0 aromatic carbocycles. The molecule has 1 rings (SSSR count). The van der Waals surface area contributed by atoms with E-state index in [1.165, 1.54) is 18.4 Å². The van der Waals surface area contributed by atoms with Crippen LogP contribution in [-0.2, 0) is 9.53 Å². The van der Waals surface area contributed by atoms with E-state index in [1.807, 2.05) is 13.8 Å². The van der Waals surface area contributed by atoms with Gasteiger partial charge in [0.2, 0.25) is 0 Å². The minimum Gasteiger partial charge on any atom is -0.463 e. The van der Waals surface area contributed by atoms with E-state index in [4.69, 9.17) is 4.74 Å². The maximum atomic E-state index is 11.6. The summed E-state index contributed by atoms with van der Waals surface area (Å²) in [6.45, 7) is 8.72. The van der Waals surface area contributed by atoms with Gasteiger partial charge in [0.25, 0.3) is 0 Å². The fourth-order valence-electron chi connectivity index (χ4n) is 2.44. The maximum Gasteiger partial charge on any atom is 0.333 e. The quantitative estimate of drug-likeness (QED) is 0.516. The minimum atomic E-state index is -0.131. The molecule has 86 valence electrons. The number of hydrogen-bond acceptors (Lipinski definition) is 2. The highest BCUT2D eigenvalue weighted by Crippen LogP contribution is 2.34. The summed E-state index contributed by atoms with van der Waals surface area (Å²) in [6.07, 6.45) is 3.47. The zero-order valence-corrected chi connectivity index (χ0v) is 10.3. The highest BCUT2D eigenvalue weighted by atomic mass is 16.5. The Labute approximate surface area is 92.7 Å². The van der Waals surface area contributed by atoms with Crippen LogP contribution in [0.3, 0.4) is 0 Å². The number of hydrogen-bond donors (Lipinski definition) is 0. The van der Waals surface area contributed by atoms with Crippen LogP contribution < -0.4 is 0 Å². The second-order valence-corrected chi connectivity index (χ2v) is 4.65. The van der Waals surface area contributed by atoms with E-state index < -0.39 is 0 Å². The zero-order valence-electron chi connectivity index (χ0n) is 10.3. The fourth-order valence-corrected chi connectivity index (χ4v) is 2.44. The Hall–Kier alpha value is -0.790. The number of allylic oxidation sites excluding steroid dienone is 1. The van der Waals surface area contributed by atoms with E-state index in [0.29, 0.717) is 12.5 Å². The van der Waals surface area contributed by atoms with E-state index in [1.54, 1.807) is 0 Å². The SMILES string of the molecule is CCOC(=O)/C(C)=C1\CCC(C)CC1C. The topological polar surface area (TPSA) is 26.3 Å². The summed E-state index contributed by atoms with van der Waals surface area (Å²) in [7, 11) is 0. The van der Waals surface area contributed by atoms with Gasteiger partial charge in [-0.05, 0) is 44.9 Å². The molecule has 0 amide bonds. The van der Waals surface area contributed by atoms with Crippen molar-refractivity contribution in [2.24, 2.45) is 11.8 Å². The molecule has 0 radical (unpaired) electrons. The van der Waals surface area contributed by atoms with Crippen molar-refractivity contribution >= 4 is 5.97 Å². The zero-order chi connectivity index (χ0) is 11.4. The number of carbonyl (C=O) groups is 1. The standard InChI is InChI=1S/C13H22O2/c1-5-15-13(14)11(4)12-7-6-9(2)8-10(12)3/h9-10H,5-8H2,1-4H3/b12-11+. The van der Waals surface area contributed by atoms with E-state index in [0.717, 1.165) is 17.9 Å². The van der Waals surface area contributed by atoms with Gasteiger partial charge in [-0.1, -0.05) is 19.4 Å². The molecule has 0 spiro atoms. The largest absolute Gasteiger partial charge is 0.463 e. The molecule has 0 aromatic heterocycles. The van der Waals surface area contributed by atoms with Gasteiger partial charge >= 0.3 is 5.97 Å². The van der Waals surface area contributed by atoms with Crippen LogP contribution in [0.2, 0.25) is 0 Å². The smallest absolute Gasteiger partial charge is 0.333 e. The predicted molar refractivity (Wildman–Crippen MR) is 61.5 cm³/mol. The van der Waals surface area contributed by atoms with Gasteiger partial charge in [-0.15, -0.1) is 0 Å². The average molecular weight is 210 g/mol. The lowest BCUT2D eigenvalue weighted by atomic mass is 9.78. The molecule has 0 aromatic rings. The van der Waals surface area contributed by atoms with Gasteiger partial charge in [-0.25, -0.2) is 4.79 Å². The molecule has 1 aliphatic carbocycles. The van der Waals surface area contributed by atoms with Crippen molar-refractivity contribution in [3.05, 3.63) is 11.1 Å². The number of rotatable bonds is 2. The molecule has 1 fully saturated rings. The Morgan fingerprint density at radius 1 is 1.47 bits per heavy atom. The van der Waals surface area contributed by atoms with Crippen molar-refractivity contribution in [2.45, 2.75) is 47.0 Å². The molecule has 0 aliphatic heterocycles. The van der Waals surface area contributed by atoms with E-state index in [9.17, 15) is 4.79 Å². The molecule has 1 aliphatic rings. The molecule has 0 heterocycles. The van der Waals surface area contributed by atoms with Crippen molar-refractivity contribution in [3.63, 3.8) is 0 Å². The molecule has 2 unspecified atom stereocenters. The molecule has 0 saturated heterocycles. The van der Waals surface area contributed by atoms with Gasteiger partial charge in [0.05, 0.1) is 6.61 Å². The summed E-state index contributed by atoms with van der Waals surface area (Å²) in [6, 6.07) is 0. The van der Waals surface area contributed by atoms with Crippen molar-refractivity contribution in [1.82, 2.24) is 0 Å². The molecule has 1 saturated carbocycles. The average Bonchev–Trinajstić information content (AvgIpc) is 2.17. The molecule has 2 heteroatoms. The Balaban J connectivity index is 2.75. The van der Waals surface area contributed by atoms with Crippen LogP contribution >= 0.6 is 0 Å². The Morgan fingerprint density at radius 2 is 2.13 bits per heavy atom. The summed E-state index contributed by atoms with van der Waals surface area (Å²) in [5.74, 6) is 1.20. The number of ether oxygens (including phenoxy) is 1. The number of carbonyl (C=O) groups excluding carboxylic acids is 1. The molecular formula is C13H22O2. The van der Waals surface area contributed by atoms with Crippen LogP contribution in [0.5, 0.6) is 0 Å². The van der Waals surface area contributed by atoms with E-state index in [-0.39, 0.29) is 5.97 Å². The van der Waals surface area contributed by atoms with Gasteiger partial charge < -0.3 is 4.74 Å². The third kappa shape index (κ3) is 3.08. The van der Waals surface area contributed by atoms with Crippen LogP contribution in [-0.4, -0.2) is 12.6 Å². The van der Waals surface area contributed by atoms with Crippen LogP contribution in [0.1, 0.15) is 47.0 Å². The van der Waals surface area contributed by atoms with Gasteiger partial charge in [0.15, 0.2) is 0 Å². The van der Waals surface area contributed by atoms with Crippen LogP contribution in [0.25, 0.3) is 0 Å². The third-order valence-electron chi connectivity index (χ3n) is 3.32. The summed E-state index contributed by atoms with van der Waals surface area (Å²) in [5.41, 5.74) is 2.16. The van der Waals surface area contributed by atoms with Gasteiger partial charge in [0.1, 0.15) is 0 Å². The van der Waals surface area contributed by atoms with Crippen LogP contribution in [0, 0.1) is 11.8 Å². The van der Waals surface area contributed by atoms with Gasteiger partial charge in [-0.2, -0.15) is 0 Å². The first-order valence-electron chi connectivity index (χ1n) is 5.93. The lowest BCUT2D eigenvalue weighted by Crippen LogP contribution is -2.18. The molecule has 0 bridgehead atoms. The normalized spacial score (nSPS) is 29.9. The second kappa shape index (κ2) is 5.34. The lowest BCUT2D eigenvalue weighted by molar-refractivity contribution is -0.138. The molecular weight excluding hydrogens is 188 g/mol. The van der Waals surface area contributed by atoms with Crippen molar-refractivity contribution in [1.29, 1.82) is 0 Å². The maximum absolute atomic E-state index is 11.6. The lowest BCUT2D eigenvalue weighted by Gasteiger charge is -2.28. The second-order valence-electron chi connectivity index (χ2n) is 4.65. The van der Waals surface area contributed by atoms with Crippen molar-refractivity contribution in [2.75, 3.05) is 6.61 Å². The Bertz CT molecular complexity index is 266. The fraction of sp³-hybridized carbons (Fsp3) is 0.769.